The maximum absolute atomic E-state index is 14.9. The summed E-state index contributed by atoms with van der Waals surface area (Å²) in [6.45, 7) is 15.3. The minimum absolute atomic E-state index is 0.000423. The van der Waals surface area contributed by atoms with Crippen LogP contribution in [0.2, 0.25) is 0 Å². The van der Waals surface area contributed by atoms with E-state index in [4.69, 9.17) is 4.98 Å². The summed E-state index contributed by atoms with van der Waals surface area (Å²) in [5.41, 5.74) is 0.494. The Morgan fingerprint density at radius 2 is 1.79 bits per heavy atom. The van der Waals surface area contributed by atoms with Gasteiger partial charge >= 0.3 is 0 Å². The maximum atomic E-state index is 14.9. The molecule has 5 fully saturated rings. The van der Waals surface area contributed by atoms with Crippen LogP contribution in [0.15, 0.2) is 36.9 Å². The fourth-order valence-electron chi connectivity index (χ4n) is 10.2. The monoisotopic (exact) mass is 676 g/mol. The number of nitrogens with zero attached hydrogens (tertiary/aromatic N) is 3. The SMILES string of the molecule is C=C[C@@H]1C[C@]1(CC(=O)[C@@H]1C[C@@]2(CN1C(=O)[C@@H](CCc1nc3ccccc3n1C)C(C)(C)C)C(C)(C)C21CCC1)C(=O)NS(=O)(=O)C1CC1. The Labute approximate surface area is 285 Å². The van der Waals surface area contributed by atoms with Crippen LogP contribution in [0, 0.1) is 38.9 Å². The number of benzene rings is 1. The highest BCUT2D eigenvalue weighted by Crippen LogP contribution is 2.88. The summed E-state index contributed by atoms with van der Waals surface area (Å²) >= 11 is 0. The molecule has 1 saturated heterocycles. The van der Waals surface area contributed by atoms with Crippen LogP contribution in [-0.2, 0) is 37.9 Å². The molecule has 10 heteroatoms. The summed E-state index contributed by atoms with van der Waals surface area (Å²) in [5, 5.41) is -0.535. The van der Waals surface area contributed by atoms with E-state index >= 15 is 0 Å². The molecule has 1 aliphatic heterocycles. The highest BCUT2D eigenvalue weighted by Gasteiger charge is 2.85. The number of fused-ring (bicyclic) bond motifs is 2. The highest BCUT2D eigenvalue weighted by molar-refractivity contribution is 7.90. The lowest BCUT2D eigenvalue weighted by Crippen LogP contribution is -2.48. The summed E-state index contributed by atoms with van der Waals surface area (Å²) in [6, 6.07) is 7.39. The fraction of sp³-hybridized carbons (Fsp3) is 0.684. The first kappa shape index (κ1) is 33.5. The van der Waals surface area contributed by atoms with Crippen molar-refractivity contribution >= 4 is 38.7 Å². The van der Waals surface area contributed by atoms with Gasteiger partial charge in [-0.3, -0.25) is 19.1 Å². The maximum Gasteiger partial charge on any atom is 0.240 e. The third kappa shape index (κ3) is 4.78. The highest BCUT2D eigenvalue weighted by atomic mass is 32.2. The molecule has 2 heterocycles. The second-order valence-electron chi connectivity index (χ2n) is 17.4. The van der Waals surface area contributed by atoms with E-state index < -0.39 is 32.6 Å². The van der Waals surface area contributed by atoms with Gasteiger partial charge in [0.2, 0.25) is 21.8 Å². The van der Waals surface area contributed by atoms with Crippen LogP contribution in [0.4, 0.5) is 0 Å². The number of hydrogen-bond donors (Lipinski definition) is 1. The molecule has 2 amide bonds. The van der Waals surface area contributed by atoms with Gasteiger partial charge in [-0.15, -0.1) is 6.58 Å². The quantitative estimate of drug-likeness (QED) is 0.304. The summed E-state index contributed by atoms with van der Waals surface area (Å²) in [7, 11) is -1.75. The number of imidazole rings is 1. The number of Topliss-reactive ketones (excluding diaryl/α,β-unsaturated/α-hetero) is 1. The van der Waals surface area contributed by atoms with Crippen molar-refractivity contribution < 1.29 is 22.8 Å². The molecule has 0 unspecified atom stereocenters. The Bertz CT molecular complexity index is 1810. The molecule has 2 spiro atoms. The number of sulfonamides is 1. The van der Waals surface area contributed by atoms with Crippen molar-refractivity contribution in [3.8, 4) is 0 Å². The molecule has 5 atom stereocenters. The van der Waals surface area contributed by atoms with Gasteiger partial charge < -0.3 is 9.47 Å². The predicted molar refractivity (Wildman–Crippen MR) is 185 cm³/mol. The average Bonchev–Trinajstić information content (AvgIpc) is 3.92. The summed E-state index contributed by atoms with van der Waals surface area (Å²) in [5.74, 6) is -0.427. The second kappa shape index (κ2) is 10.7. The second-order valence-corrected chi connectivity index (χ2v) is 19.3. The molecule has 1 aromatic carbocycles. The lowest BCUT2D eigenvalue weighted by molar-refractivity contribution is -0.145. The molecular formula is C38H52N4O5S. The molecule has 9 nitrogen and oxygen atoms in total. The van der Waals surface area contributed by atoms with E-state index in [-0.39, 0.29) is 51.6 Å². The number of aryl methyl sites for hydroxylation is 2. The first-order valence-electron chi connectivity index (χ1n) is 17.9. The minimum Gasteiger partial charge on any atom is -0.332 e. The number of likely N-dealkylation sites (tertiary alicyclic amines) is 1. The largest absolute Gasteiger partial charge is 0.332 e. The number of carbonyl (C=O) groups excluding carboxylic acids is 3. The van der Waals surface area contributed by atoms with E-state index in [0.717, 1.165) is 29.7 Å². The van der Waals surface area contributed by atoms with Crippen molar-refractivity contribution in [2.24, 2.45) is 46.0 Å². The molecule has 7 rings (SSSR count). The fourth-order valence-corrected chi connectivity index (χ4v) is 11.6. The van der Waals surface area contributed by atoms with Gasteiger partial charge in [0.05, 0.1) is 27.7 Å². The number of ketones is 1. The number of amides is 2. The lowest BCUT2D eigenvalue weighted by atomic mass is 9.73. The van der Waals surface area contributed by atoms with E-state index in [1.54, 1.807) is 6.08 Å². The number of hydrogen-bond acceptors (Lipinski definition) is 6. The van der Waals surface area contributed by atoms with Crippen molar-refractivity contribution in [1.82, 2.24) is 19.2 Å². The molecule has 260 valence electrons. The minimum atomic E-state index is -3.76. The van der Waals surface area contributed by atoms with Crippen molar-refractivity contribution in [2.75, 3.05) is 6.54 Å². The Kier molecular flexibility index (Phi) is 7.49. The van der Waals surface area contributed by atoms with Gasteiger partial charge in [0.1, 0.15) is 5.82 Å². The molecule has 4 aliphatic carbocycles. The van der Waals surface area contributed by atoms with Crippen molar-refractivity contribution in [3.05, 3.63) is 42.7 Å². The zero-order valence-corrected chi connectivity index (χ0v) is 30.3. The molecule has 0 bridgehead atoms. The van der Waals surface area contributed by atoms with Gasteiger partial charge in [-0.25, -0.2) is 13.4 Å². The zero-order valence-electron chi connectivity index (χ0n) is 29.5. The summed E-state index contributed by atoms with van der Waals surface area (Å²) < 4.78 is 29.9. The van der Waals surface area contributed by atoms with Crippen LogP contribution in [0.3, 0.4) is 0 Å². The molecular weight excluding hydrogens is 625 g/mol. The molecule has 4 saturated carbocycles. The number of carbonyl (C=O) groups is 3. The van der Waals surface area contributed by atoms with Crippen LogP contribution in [0.5, 0.6) is 0 Å². The Hall–Kier alpha value is -3.01. The molecule has 5 aliphatic rings. The molecule has 1 aromatic heterocycles. The van der Waals surface area contributed by atoms with Crippen molar-refractivity contribution in [2.45, 2.75) is 110 Å². The van der Waals surface area contributed by atoms with Crippen LogP contribution in [-0.4, -0.2) is 58.3 Å². The Morgan fingerprint density at radius 3 is 2.33 bits per heavy atom. The normalized spacial score (nSPS) is 30.7. The molecule has 2 aromatic rings. The third-order valence-electron chi connectivity index (χ3n) is 13.9. The number of allylic oxidation sites excluding steroid dienone is 1. The number of rotatable bonds is 11. The lowest BCUT2D eigenvalue weighted by Gasteiger charge is -2.36. The zero-order chi connectivity index (χ0) is 34.7. The molecule has 0 radical (unpaired) electrons. The van der Waals surface area contributed by atoms with E-state index in [1.165, 1.54) is 6.42 Å². The van der Waals surface area contributed by atoms with Gasteiger partial charge in [-0.1, -0.05) is 59.2 Å². The van der Waals surface area contributed by atoms with E-state index in [2.05, 4.69) is 56.6 Å². The van der Waals surface area contributed by atoms with Crippen LogP contribution in [0.25, 0.3) is 11.0 Å². The van der Waals surface area contributed by atoms with E-state index in [1.807, 2.05) is 30.1 Å². The van der Waals surface area contributed by atoms with E-state index in [9.17, 15) is 22.8 Å². The van der Waals surface area contributed by atoms with Gasteiger partial charge in [-0.05, 0) is 79.2 Å². The smallest absolute Gasteiger partial charge is 0.240 e. The number of nitrogens with one attached hydrogen (secondary N) is 1. The summed E-state index contributed by atoms with van der Waals surface area (Å²) in [4.78, 5) is 49.8. The van der Waals surface area contributed by atoms with Crippen LogP contribution < -0.4 is 4.72 Å². The average molecular weight is 677 g/mol. The first-order chi connectivity index (χ1) is 22.4. The van der Waals surface area contributed by atoms with Crippen molar-refractivity contribution in [1.29, 1.82) is 0 Å². The molecule has 1 N–H and O–H groups in total. The van der Waals surface area contributed by atoms with Gasteiger partial charge in [0.25, 0.3) is 0 Å². The van der Waals surface area contributed by atoms with Gasteiger partial charge in [-0.2, -0.15) is 0 Å². The molecule has 48 heavy (non-hydrogen) atoms. The third-order valence-corrected chi connectivity index (χ3v) is 15.7. The Morgan fingerprint density at radius 1 is 1.10 bits per heavy atom. The van der Waals surface area contributed by atoms with Crippen LogP contribution >= 0.6 is 0 Å². The first-order valence-corrected chi connectivity index (χ1v) is 19.4. The topological polar surface area (TPSA) is 118 Å². The van der Waals surface area contributed by atoms with E-state index in [0.29, 0.717) is 45.1 Å². The van der Waals surface area contributed by atoms with Gasteiger partial charge in [0, 0.05) is 37.8 Å². The standard InChI is InChI=1S/C38H52N4O5S/c1-8-24-20-36(24,33(45)40-48(46,47)25-14-15-25)22-30(43)29-21-38(35(5,6)37(38)18-11-19-37)23-42(29)32(44)26(34(2,3)4)16-17-31-39-27-12-9-10-13-28(27)41(31)7/h8-10,12-13,24-26,29H,1,11,14-23H2,2-7H3,(H,40,45)/t24-,26-,29+,36-,38-/m1/s1. The number of para-hydroxylation sites is 2. The predicted octanol–water partition coefficient (Wildman–Crippen LogP) is 5.73. The number of aromatic nitrogens is 2. The van der Waals surface area contributed by atoms with Gasteiger partial charge in [0.15, 0.2) is 5.78 Å². The Balaban J connectivity index is 1.17. The van der Waals surface area contributed by atoms with Crippen LogP contribution in [0.1, 0.15) is 98.2 Å². The summed E-state index contributed by atoms with van der Waals surface area (Å²) in [6.07, 6.45) is 8.28. The van der Waals surface area contributed by atoms with Crippen molar-refractivity contribution in [3.63, 3.8) is 0 Å².